The van der Waals surface area contributed by atoms with Gasteiger partial charge < -0.3 is 62.7 Å². The van der Waals surface area contributed by atoms with Crippen LogP contribution in [0.5, 0.6) is 0 Å². The summed E-state index contributed by atoms with van der Waals surface area (Å²) in [5.74, 6) is 0.899. The Labute approximate surface area is 234 Å². The van der Waals surface area contributed by atoms with Crippen LogP contribution in [-0.2, 0) is 59.6 Å². The smallest absolute Gasteiger partial charge is 1.00 e. The molecule has 0 aromatic heterocycles. The van der Waals surface area contributed by atoms with Crippen LogP contribution in [0.4, 0.5) is 0 Å². The number of methoxy groups -OCH3 is 2. The van der Waals surface area contributed by atoms with Crippen LogP contribution >= 0.6 is 0 Å². The molecule has 4 fully saturated rings. The molecular formula is C24H32Cl2O8Ti. The van der Waals surface area contributed by atoms with Crippen molar-refractivity contribution in [3.8, 4) is 0 Å². The van der Waals surface area contributed by atoms with Gasteiger partial charge >= 0.3 is 21.7 Å². The molecule has 11 heteroatoms. The van der Waals surface area contributed by atoms with E-state index in [-0.39, 0.29) is 95.7 Å². The van der Waals surface area contributed by atoms with Gasteiger partial charge in [-0.05, 0) is 24.7 Å². The van der Waals surface area contributed by atoms with Crippen LogP contribution in [0.1, 0.15) is 12.8 Å². The van der Waals surface area contributed by atoms with Gasteiger partial charge in [0.1, 0.15) is 38.0 Å². The molecule has 194 valence electrons. The minimum atomic E-state index is -0.285. The van der Waals surface area contributed by atoms with Gasteiger partial charge in [0, 0.05) is 14.2 Å². The van der Waals surface area contributed by atoms with E-state index in [0.29, 0.717) is 25.4 Å². The van der Waals surface area contributed by atoms with E-state index in [1.165, 1.54) is 0 Å². The molecule has 6 rings (SSSR count). The average Bonchev–Trinajstić information content (AvgIpc) is 3.61. The molecule has 0 aromatic rings. The summed E-state index contributed by atoms with van der Waals surface area (Å²) in [5, 5.41) is 0. The second-order valence-corrected chi connectivity index (χ2v) is 8.66. The van der Waals surface area contributed by atoms with Gasteiger partial charge in [-0.3, -0.25) is 0 Å². The number of allylic oxidation sites excluding steroid dienone is 8. The van der Waals surface area contributed by atoms with Crippen LogP contribution in [-0.4, -0.2) is 77.0 Å². The molecule has 0 aromatic carbocycles. The van der Waals surface area contributed by atoms with Crippen molar-refractivity contribution in [3.05, 3.63) is 48.6 Å². The number of halogens is 2. The molecule has 4 saturated heterocycles. The Morgan fingerprint density at radius 1 is 0.600 bits per heavy atom. The van der Waals surface area contributed by atoms with E-state index < -0.39 is 0 Å². The summed E-state index contributed by atoms with van der Waals surface area (Å²) in [6.07, 6.45) is 18.3. The molecule has 4 aliphatic heterocycles. The fourth-order valence-corrected chi connectivity index (χ4v) is 5.10. The molecule has 4 heterocycles. The number of rotatable bonds is 6. The third-order valence-electron chi connectivity index (χ3n) is 6.71. The summed E-state index contributed by atoms with van der Waals surface area (Å²) in [6, 6.07) is 0. The molecular weight excluding hydrogens is 535 g/mol. The standard InChI is InChI=1S/2C12H16O4.2ClH.Ti/c2*1-13-12-11-10(14-7-15-11)9(16-12)6-8-4-2-3-5-8;;;/h2*2-5,8-12H,6-7H2,1H3;2*1H;/q;;;;+2/p-2/t2*9?,10?,11-,12?;;;/m00.../s1. The molecule has 6 unspecified atom stereocenters. The summed E-state index contributed by atoms with van der Waals surface area (Å²) in [5.41, 5.74) is 0. The fraction of sp³-hybridized carbons (Fsp3) is 0.667. The normalized spacial score (nSPS) is 38.5. The van der Waals surface area contributed by atoms with Crippen LogP contribution in [0.2, 0.25) is 0 Å². The van der Waals surface area contributed by atoms with Crippen molar-refractivity contribution in [3.63, 3.8) is 0 Å². The van der Waals surface area contributed by atoms with Crippen LogP contribution in [0, 0.1) is 11.8 Å². The first-order chi connectivity index (χ1) is 15.8. The molecule has 0 radical (unpaired) electrons. The Hall–Kier alpha value is -0.0657. The molecule has 0 N–H and O–H groups in total. The Morgan fingerprint density at radius 2 is 0.943 bits per heavy atom. The van der Waals surface area contributed by atoms with Crippen molar-refractivity contribution in [2.24, 2.45) is 11.8 Å². The number of hydrogen-bond acceptors (Lipinski definition) is 8. The van der Waals surface area contributed by atoms with Crippen molar-refractivity contribution < 1.29 is 84.4 Å². The van der Waals surface area contributed by atoms with E-state index in [4.69, 9.17) is 37.9 Å². The van der Waals surface area contributed by atoms with Crippen LogP contribution in [0.3, 0.4) is 0 Å². The molecule has 0 saturated carbocycles. The molecule has 8 atom stereocenters. The van der Waals surface area contributed by atoms with E-state index in [0.717, 1.165) is 12.8 Å². The van der Waals surface area contributed by atoms with Crippen LogP contribution < -0.4 is 24.8 Å². The fourth-order valence-electron chi connectivity index (χ4n) is 5.10. The van der Waals surface area contributed by atoms with E-state index in [1.54, 1.807) is 14.2 Å². The molecule has 0 spiro atoms. The van der Waals surface area contributed by atoms with E-state index in [1.807, 2.05) is 0 Å². The molecule has 35 heavy (non-hydrogen) atoms. The predicted molar refractivity (Wildman–Crippen MR) is 113 cm³/mol. The Morgan fingerprint density at radius 3 is 1.29 bits per heavy atom. The maximum absolute atomic E-state index is 5.80. The van der Waals surface area contributed by atoms with Gasteiger partial charge in [0.05, 0.1) is 12.2 Å². The van der Waals surface area contributed by atoms with Crippen molar-refractivity contribution in [2.75, 3.05) is 27.8 Å². The first kappa shape index (κ1) is 31.2. The van der Waals surface area contributed by atoms with E-state index in [2.05, 4.69) is 48.6 Å². The Balaban J connectivity index is 0.000000227. The number of fused-ring (bicyclic) bond motifs is 2. The minimum Gasteiger partial charge on any atom is -1.00 e. The maximum atomic E-state index is 5.80. The minimum absolute atomic E-state index is 0. The monoisotopic (exact) mass is 566 g/mol. The summed E-state index contributed by atoms with van der Waals surface area (Å²) >= 11 is 0. The first-order valence-electron chi connectivity index (χ1n) is 11.3. The van der Waals surface area contributed by atoms with Crippen LogP contribution in [0.15, 0.2) is 48.6 Å². The molecule has 8 nitrogen and oxygen atoms in total. The first-order valence-corrected chi connectivity index (χ1v) is 11.3. The topological polar surface area (TPSA) is 73.8 Å². The largest absolute Gasteiger partial charge is 2.00 e. The molecule has 6 aliphatic rings. The van der Waals surface area contributed by atoms with Gasteiger partial charge in [-0.25, -0.2) is 0 Å². The van der Waals surface area contributed by atoms with Gasteiger partial charge in [0.15, 0.2) is 12.6 Å². The summed E-state index contributed by atoms with van der Waals surface area (Å²) in [7, 11) is 3.28. The molecule has 2 aliphatic carbocycles. The van der Waals surface area contributed by atoms with Crippen molar-refractivity contribution in [1.29, 1.82) is 0 Å². The van der Waals surface area contributed by atoms with Gasteiger partial charge in [-0.15, -0.1) is 0 Å². The maximum Gasteiger partial charge on any atom is 2.00 e. The molecule has 0 bridgehead atoms. The predicted octanol–water partition coefficient (Wildman–Crippen LogP) is -3.53. The zero-order valence-corrected chi connectivity index (χ0v) is 22.8. The average molecular weight is 567 g/mol. The second-order valence-electron chi connectivity index (χ2n) is 8.66. The third-order valence-corrected chi connectivity index (χ3v) is 6.71. The quantitative estimate of drug-likeness (QED) is 0.306. The molecule has 0 amide bonds. The van der Waals surface area contributed by atoms with Gasteiger partial charge in [-0.2, -0.15) is 0 Å². The number of ether oxygens (including phenoxy) is 8. The van der Waals surface area contributed by atoms with Crippen molar-refractivity contribution in [2.45, 2.75) is 62.0 Å². The van der Waals surface area contributed by atoms with Gasteiger partial charge in [-0.1, -0.05) is 48.6 Å². The summed E-state index contributed by atoms with van der Waals surface area (Å²) in [6.45, 7) is 0.705. The second kappa shape index (κ2) is 14.8. The SMILES string of the molecule is COC1OC(CC2C=CC=C2)C2OCO[C@H]12.COC1OC(CC2C=CC=C2)C2OCO[C@H]12.[Cl-].[Cl-].[Ti+2]. The summed E-state index contributed by atoms with van der Waals surface area (Å²) < 4.78 is 44.2. The summed E-state index contributed by atoms with van der Waals surface area (Å²) in [4.78, 5) is 0. The van der Waals surface area contributed by atoms with E-state index in [9.17, 15) is 0 Å². The zero-order chi connectivity index (χ0) is 21.9. The third kappa shape index (κ3) is 7.08. The Kier molecular flexibility index (Phi) is 13.1. The number of hydrogen-bond donors (Lipinski definition) is 0. The zero-order valence-electron chi connectivity index (χ0n) is 19.7. The van der Waals surface area contributed by atoms with Crippen molar-refractivity contribution in [1.82, 2.24) is 0 Å². The van der Waals surface area contributed by atoms with Crippen molar-refractivity contribution >= 4 is 0 Å². The van der Waals surface area contributed by atoms with Gasteiger partial charge in [0.25, 0.3) is 0 Å². The Bertz CT molecular complexity index is 680. The van der Waals surface area contributed by atoms with E-state index >= 15 is 0 Å². The van der Waals surface area contributed by atoms with Crippen LogP contribution in [0.25, 0.3) is 0 Å². The van der Waals surface area contributed by atoms with Gasteiger partial charge in [0.2, 0.25) is 0 Å².